The highest BCUT2D eigenvalue weighted by molar-refractivity contribution is 6.01. The van der Waals surface area contributed by atoms with Gasteiger partial charge in [0.25, 0.3) is 5.91 Å². The molecule has 1 aliphatic carbocycles. The molecule has 1 atom stereocenters. The molecular formula is C26H28N4O2. The molecule has 164 valence electrons. The lowest BCUT2D eigenvalue weighted by molar-refractivity contribution is 0.0816. The van der Waals surface area contributed by atoms with E-state index in [1.54, 1.807) is 11.1 Å². The van der Waals surface area contributed by atoms with Gasteiger partial charge in [0, 0.05) is 31.1 Å². The zero-order valence-electron chi connectivity index (χ0n) is 18.9. The molecule has 3 heterocycles. The van der Waals surface area contributed by atoms with Crippen LogP contribution in [0.2, 0.25) is 0 Å². The van der Waals surface area contributed by atoms with Crippen LogP contribution in [0.1, 0.15) is 72.7 Å². The van der Waals surface area contributed by atoms with Crippen LogP contribution in [0.4, 0.5) is 0 Å². The van der Waals surface area contributed by atoms with E-state index in [0.29, 0.717) is 17.9 Å². The van der Waals surface area contributed by atoms with E-state index in [0.717, 1.165) is 34.7 Å². The Morgan fingerprint density at radius 1 is 1.28 bits per heavy atom. The molecular weight excluding hydrogens is 400 g/mol. The van der Waals surface area contributed by atoms with Crippen molar-refractivity contribution in [2.45, 2.75) is 58.0 Å². The van der Waals surface area contributed by atoms with Crippen molar-refractivity contribution in [2.24, 2.45) is 5.41 Å². The van der Waals surface area contributed by atoms with Crippen molar-refractivity contribution >= 4 is 17.2 Å². The minimum atomic E-state index is -0.848. The molecule has 1 amide bonds. The summed E-state index contributed by atoms with van der Waals surface area (Å²) in [6.07, 6.45) is 11.3. The van der Waals surface area contributed by atoms with E-state index >= 15 is 0 Å². The quantitative estimate of drug-likeness (QED) is 0.764. The number of fused-ring (bicyclic) bond motifs is 1. The van der Waals surface area contributed by atoms with Crippen molar-refractivity contribution < 1.29 is 9.21 Å². The van der Waals surface area contributed by atoms with Gasteiger partial charge in [-0.25, -0.2) is 4.98 Å². The number of hydrogen-bond acceptors (Lipinski definition) is 5. The molecule has 1 N–H and O–H groups in total. The highest BCUT2D eigenvalue weighted by Gasteiger charge is 2.33. The predicted octanol–water partition coefficient (Wildman–Crippen LogP) is 4.69. The zero-order valence-corrected chi connectivity index (χ0v) is 18.9. The third-order valence-corrected chi connectivity index (χ3v) is 7.06. The third-order valence-electron chi connectivity index (χ3n) is 7.06. The average Bonchev–Trinajstić information content (AvgIpc) is 3.48. The number of dihydropyridines is 1. The number of nitrogens with one attached hydrogen (secondary N) is 1. The Labute approximate surface area is 188 Å². The van der Waals surface area contributed by atoms with Gasteiger partial charge in [-0.3, -0.25) is 4.79 Å². The van der Waals surface area contributed by atoms with Crippen molar-refractivity contribution in [2.75, 3.05) is 7.05 Å². The van der Waals surface area contributed by atoms with Crippen LogP contribution < -0.4 is 5.32 Å². The maximum Gasteiger partial charge on any atom is 0.254 e. The molecule has 1 unspecified atom stereocenters. The van der Waals surface area contributed by atoms with E-state index in [1.807, 2.05) is 44.3 Å². The molecule has 32 heavy (non-hydrogen) atoms. The summed E-state index contributed by atoms with van der Waals surface area (Å²) in [6, 6.07) is 8.23. The van der Waals surface area contributed by atoms with Gasteiger partial charge < -0.3 is 14.6 Å². The first kappa shape index (κ1) is 20.6. The standard InChI is InChI=1S/C26H28N4O2/c1-25(9-4-5-10-25)13-22-28-14-21(32-22)19-8-11-26(2,16-27)29-23(19)17-6-7-18-15-30(3)24(31)20(18)12-17/h6-8,11-12,14,29H,4-5,9-10,13,15H2,1-3H3. The SMILES string of the molecule is CN1Cc2ccc(C3=C(c4cnc(CC5(C)CCCC5)o4)C=CC(C)(C#N)N3)cc2C1=O. The Hall–Kier alpha value is -3.33. The minimum absolute atomic E-state index is 0.0187. The summed E-state index contributed by atoms with van der Waals surface area (Å²) in [5.41, 5.74) is 3.60. The maximum atomic E-state index is 12.6. The second-order valence-corrected chi connectivity index (χ2v) is 9.91. The Balaban J connectivity index is 1.55. The highest BCUT2D eigenvalue weighted by atomic mass is 16.4. The minimum Gasteiger partial charge on any atom is -0.441 e. The lowest BCUT2D eigenvalue weighted by Crippen LogP contribution is -2.39. The summed E-state index contributed by atoms with van der Waals surface area (Å²) in [4.78, 5) is 18.8. The second kappa shape index (κ2) is 7.37. The largest absolute Gasteiger partial charge is 0.441 e. The van der Waals surface area contributed by atoms with E-state index < -0.39 is 5.54 Å². The second-order valence-electron chi connectivity index (χ2n) is 9.91. The van der Waals surface area contributed by atoms with Crippen molar-refractivity contribution in [3.63, 3.8) is 0 Å². The summed E-state index contributed by atoms with van der Waals surface area (Å²) in [6.45, 7) is 4.76. The van der Waals surface area contributed by atoms with Crippen LogP contribution in [0.25, 0.3) is 11.3 Å². The van der Waals surface area contributed by atoms with Crippen LogP contribution in [0.15, 0.2) is 41.0 Å². The van der Waals surface area contributed by atoms with Crippen molar-refractivity contribution in [3.05, 3.63) is 64.9 Å². The molecule has 2 aliphatic heterocycles. The highest BCUT2D eigenvalue weighted by Crippen LogP contribution is 2.41. The van der Waals surface area contributed by atoms with Crippen LogP contribution in [-0.4, -0.2) is 28.4 Å². The molecule has 2 aromatic rings. The Morgan fingerprint density at radius 2 is 2.06 bits per heavy atom. The van der Waals surface area contributed by atoms with E-state index in [4.69, 9.17) is 4.42 Å². The predicted molar refractivity (Wildman–Crippen MR) is 122 cm³/mol. The fraction of sp³-hybridized carbons (Fsp3) is 0.423. The molecule has 0 spiro atoms. The number of benzene rings is 1. The molecule has 1 fully saturated rings. The maximum absolute atomic E-state index is 12.6. The van der Waals surface area contributed by atoms with Crippen LogP contribution >= 0.6 is 0 Å². The van der Waals surface area contributed by atoms with Gasteiger partial charge in [0.1, 0.15) is 5.54 Å². The van der Waals surface area contributed by atoms with Crippen molar-refractivity contribution in [3.8, 4) is 6.07 Å². The van der Waals surface area contributed by atoms with Crippen LogP contribution in [0.3, 0.4) is 0 Å². The number of carbonyl (C=O) groups is 1. The molecule has 0 radical (unpaired) electrons. The first-order valence-corrected chi connectivity index (χ1v) is 11.3. The summed E-state index contributed by atoms with van der Waals surface area (Å²) in [7, 11) is 1.81. The lowest BCUT2D eigenvalue weighted by Gasteiger charge is -2.28. The third kappa shape index (κ3) is 3.52. The van der Waals surface area contributed by atoms with Crippen molar-refractivity contribution in [1.82, 2.24) is 15.2 Å². The fourth-order valence-corrected chi connectivity index (χ4v) is 5.09. The lowest BCUT2D eigenvalue weighted by atomic mass is 9.85. The van der Waals surface area contributed by atoms with Crippen LogP contribution in [0, 0.1) is 16.7 Å². The van der Waals surface area contributed by atoms with Gasteiger partial charge in [-0.2, -0.15) is 5.26 Å². The normalized spacial score (nSPS) is 23.9. The molecule has 3 aliphatic rings. The first-order chi connectivity index (χ1) is 15.3. The van der Waals surface area contributed by atoms with Gasteiger partial charge in [-0.1, -0.05) is 31.9 Å². The zero-order chi connectivity index (χ0) is 22.5. The Bertz CT molecular complexity index is 1190. The molecule has 0 bridgehead atoms. The van der Waals surface area contributed by atoms with Crippen molar-refractivity contribution in [1.29, 1.82) is 5.26 Å². The number of nitriles is 1. The number of hydrogen-bond donors (Lipinski definition) is 1. The molecule has 0 saturated heterocycles. The van der Waals surface area contributed by atoms with Gasteiger partial charge in [0.2, 0.25) is 0 Å². The number of allylic oxidation sites excluding steroid dienone is 2. The number of nitrogens with zero attached hydrogens (tertiary/aromatic N) is 3. The number of rotatable bonds is 4. The first-order valence-electron chi connectivity index (χ1n) is 11.3. The molecule has 5 rings (SSSR count). The van der Waals surface area contributed by atoms with E-state index in [2.05, 4.69) is 23.3 Å². The van der Waals surface area contributed by atoms with E-state index in [1.165, 1.54) is 25.7 Å². The summed E-state index contributed by atoms with van der Waals surface area (Å²) < 4.78 is 6.22. The molecule has 1 aromatic carbocycles. The van der Waals surface area contributed by atoms with Gasteiger partial charge in [-0.05, 0) is 54.5 Å². The van der Waals surface area contributed by atoms with Gasteiger partial charge >= 0.3 is 0 Å². The molecule has 1 aromatic heterocycles. The van der Waals surface area contributed by atoms with Crippen LogP contribution in [-0.2, 0) is 13.0 Å². The Kier molecular flexibility index (Phi) is 4.74. The van der Waals surface area contributed by atoms with E-state index in [9.17, 15) is 10.1 Å². The van der Waals surface area contributed by atoms with Gasteiger partial charge in [-0.15, -0.1) is 0 Å². The van der Waals surface area contributed by atoms with Crippen LogP contribution in [0.5, 0.6) is 0 Å². The van der Waals surface area contributed by atoms with E-state index in [-0.39, 0.29) is 11.3 Å². The van der Waals surface area contributed by atoms with Gasteiger partial charge in [0.15, 0.2) is 11.7 Å². The number of oxazole rings is 1. The summed E-state index contributed by atoms with van der Waals surface area (Å²) in [5.74, 6) is 1.44. The monoisotopic (exact) mass is 428 g/mol. The number of aromatic nitrogens is 1. The topological polar surface area (TPSA) is 82.2 Å². The summed E-state index contributed by atoms with van der Waals surface area (Å²) >= 11 is 0. The molecule has 1 saturated carbocycles. The Morgan fingerprint density at radius 3 is 2.81 bits per heavy atom. The average molecular weight is 429 g/mol. The smallest absolute Gasteiger partial charge is 0.254 e. The summed E-state index contributed by atoms with van der Waals surface area (Å²) in [5, 5.41) is 13.1. The number of carbonyl (C=O) groups excluding carboxylic acids is 1. The van der Waals surface area contributed by atoms with Gasteiger partial charge in [0.05, 0.1) is 18.0 Å². The molecule has 6 heteroatoms. The fourth-order valence-electron chi connectivity index (χ4n) is 5.09. The molecule has 6 nitrogen and oxygen atoms in total. The number of amides is 1.